The Morgan fingerprint density at radius 3 is 2.90 bits per heavy atom. The normalized spacial score (nSPS) is 20.8. The van der Waals surface area contributed by atoms with Gasteiger partial charge in [0.2, 0.25) is 5.95 Å². The van der Waals surface area contributed by atoms with Crippen LogP contribution in [0.3, 0.4) is 0 Å². The van der Waals surface area contributed by atoms with Gasteiger partial charge in [0.15, 0.2) is 0 Å². The van der Waals surface area contributed by atoms with Crippen molar-refractivity contribution in [2.45, 2.75) is 51.8 Å². The first-order chi connectivity index (χ1) is 15.1. The van der Waals surface area contributed by atoms with Crippen LogP contribution in [0, 0.1) is 6.92 Å². The zero-order chi connectivity index (χ0) is 21.3. The lowest BCUT2D eigenvalue weighted by molar-refractivity contribution is 0.0502. The van der Waals surface area contributed by atoms with E-state index in [1.165, 1.54) is 11.3 Å². The van der Waals surface area contributed by atoms with E-state index in [1.54, 1.807) is 0 Å². The minimum atomic E-state index is -0.0719. The standard InChI is InChI=1S/C24H30N6O/c1-3-21-27-17(2)20(28-21)13-30-10-9-24(15-30)16-31-14-19-12-26-23(29-22(19)24)25-11-18-7-5-4-6-8-18/h4-8,12H,3,9-11,13-16H2,1-2H3,(H,27,28)(H,25,26,29)/t24-/m1/s1. The number of fused-ring (bicyclic) bond motifs is 2. The van der Waals surface area contributed by atoms with E-state index in [-0.39, 0.29) is 5.41 Å². The highest BCUT2D eigenvalue weighted by atomic mass is 16.5. The Morgan fingerprint density at radius 2 is 2.10 bits per heavy atom. The number of aromatic amines is 1. The van der Waals surface area contributed by atoms with E-state index in [4.69, 9.17) is 14.7 Å². The molecule has 7 heteroatoms. The monoisotopic (exact) mass is 418 g/mol. The van der Waals surface area contributed by atoms with Crippen molar-refractivity contribution in [3.63, 3.8) is 0 Å². The first kappa shape index (κ1) is 20.2. The molecule has 2 N–H and O–H groups in total. The van der Waals surface area contributed by atoms with Crippen LogP contribution in [-0.4, -0.2) is 44.5 Å². The molecule has 0 saturated carbocycles. The molecule has 162 valence electrons. The number of H-pyrrole nitrogens is 1. The molecular weight excluding hydrogens is 388 g/mol. The number of imidazole rings is 1. The van der Waals surface area contributed by atoms with Gasteiger partial charge < -0.3 is 15.0 Å². The second kappa shape index (κ2) is 8.40. The number of nitrogens with zero attached hydrogens (tertiary/aromatic N) is 4. The average molecular weight is 419 g/mol. The van der Waals surface area contributed by atoms with Gasteiger partial charge in [-0.05, 0) is 25.5 Å². The van der Waals surface area contributed by atoms with E-state index in [0.717, 1.165) is 55.3 Å². The van der Waals surface area contributed by atoms with Crippen LogP contribution in [0.25, 0.3) is 0 Å². The lowest BCUT2D eigenvalue weighted by Crippen LogP contribution is -2.40. The third kappa shape index (κ3) is 4.07. The number of rotatable bonds is 6. The highest BCUT2D eigenvalue weighted by Gasteiger charge is 2.45. The SMILES string of the molecule is CCc1nc(CN2CC[C@]3(COCc4cnc(NCc5ccccc5)nc43)C2)c(C)[nH]1. The van der Waals surface area contributed by atoms with Gasteiger partial charge in [-0.2, -0.15) is 0 Å². The minimum Gasteiger partial charge on any atom is -0.376 e. The van der Waals surface area contributed by atoms with E-state index in [0.29, 0.717) is 25.7 Å². The molecule has 1 spiro atoms. The molecule has 0 aliphatic carbocycles. The van der Waals surface area contributed by atoms with Crippen LogP contribution >= 0.6 is 0 Å². The van der Waals surface area contributed by atoms with Crippen molar-refractivity contribution in [1.29, 1.82) is 0 Å². The highest BCUT2D eigenvalue weighted by molar-refractivity contribution is 5.37. The van der Waals surface area contributed by atoms with Gasteiger partial charge in [-0.15, -0.1) is 0 Å². The van der Waals surface area contributed by atoms with E-state index in [1.807, 2.05) is 12.3 Å². The molecule has 31 heavy (non-hydrogen) atoms. The smallest absolute Gasteiger partial charge is 0.223 e. The van der Waals surface area contributed by atoms with Crippen molar-refractivity contribution in [2.24, 2.45) is 0 Å². The zero-order valence-corrected chi connectivity index (χ0v) is 18.3. The van der Waals surface area contributed by atoms with Gasteiger partial charge in [-0.3, -0.25) is 4.90 Å². The summed E-state index contributed by atoms with van der Waals surface area (Å²) in [6, 6.07) is 10.3. The van der Waals surface area contributed by atoms with E-state index >= 15 is 0 Å². The third-order valence-electron chi connectivity index (χ3n) is 6.47. The van der Waals surface area contributed by atoms with E-state index < -0.39 is 0 Å². The number of likely N-dealkylation sites (tertiary alicyclic amines) is 1. The van der Waals surface area contributed by atoms with E-state index in [2.05, 4.69) is 58.3 Å². The van der Waals surface area contributed by atoms with Crippen molar-refractivity contribution in [3.8, 4) is 0 Å². The first-order valence-electron chi connectivity index (χ1n) is 11.1. The molecule has 0 radical (unpaired) electrons. The lowest BCUT2D eigenvalue weighted by Gasteiger charge is -2.34. The van der Waals surface area contributed by atoms with Crippen LogP contribution in [0.2, 0.25) is 0 Å². The Bertz CT molecular complexity index is 1050. The first-order valence-corrected chi connectivity index (χ1v) is 11.1. The van der Waals surface area contributed by atoms with Crippen molar-refractivity contribution >= 4 is 5.95 Å². The molecule has 2 aliphatic heterocycles. The number of hydrogen-bond acceptors (Lipinski definition) is 6. The second-order valence-corrected chi connectivity index (χ2v) is 8.75. The number of benzene rings is 1. The van der Waals surface area contributed by atoms with Crippen LogP contribution in [0.4, 0.5) is 5.95 Å². The molecule has 1 fully saturated rings. The maximum absolute atomic E-state index is 6.00. The Balaban J connectivity index is 1.33. The fourth-order valence-electron chi connectivity index (χ4n) is 4.76. The Morgan fingerprint density at radius 1 is 1.23 bits per heavy atom. The molecule has 2 aliphatic rings. The molecule has 3 aromatic rings. The fourth-order valence-corrected chi connectivity index (χ4v) is 4.76. The average Bonchev–Trinajstić information content (AvgIpc) is 3.37. The molecule has 0 amide bonds. The van der Waals surface area contributed by atoms with Gasteiger partial charge in [0, 0.05) is 43.5 Å². The summed E-state index contributed by atoms with van der Waals surface area (Å²) in [6.07, 6.45) is 3.91. The number of hydrogen-bond donors (Lipinski definition) is 2. The third-order valence-corrected chi connectivity index (χ3v) is 6.47. The van der Waals surface area contributed by atoms with Crippen molar-refractivity contribution in [2.75, 3.05) is 25.0 Å². The number of nitrogens with one attached hydrogen (secondary N) is 2. The van der Waals surface area contributed by atoms with Crippen molar-refractivity contribution in [3.05, 3.63) is 70.6 Å². The van der Waals surface area contributed by atoms with Gasteiger partial charge in [-0.1, -0.05) is 37.3 Å². The summed E-state index contributed by atoms with van der Waals surface area (Å²) in [5.41, 5.74) is 5.74. The summed E-state index contributed by atoms with van der Waals surface area (Å²) in [4.78, 5) is 20.2. The zero-order valence-electron chi connectivity index (χ0n) is 18.3. The predicted octanol–water partition coefficient (Wildman–Crippen LogP) is 3.36. The lowest BCUT2D eigenvalue weighted by atomic mass is 9.80. The van der Waals surface area contributed by atoms with Gasteiger partial charge in [0.1, 0.15) is 5.82 Å². The molecule has 1 saturated heterocycles. The molecule has 1 atom stereocenters. The summed E-state index contributed by atoms with van der Waals surface area (Å²) in [7, 11) is 0. The van der Waals surface area contributed by atoms with Crippen LogP contribution in [0.5, 0.6) is 0 Å². The summed E-state index contributed by atoms with van der Waals surface area (Å²) >= 11 is 0. The molecule has 0 unspecified atom stereocenters. The molecule has 4 heterocycles. The Hall–Kier alpha value is -2.77. The minimum absolute atomic E-state index is 0.0719. The molecule has 1 aromatic carbocycles. The van der Waals surface area contributed by atoms with Gasteiger partial charge in [0.05, 0.1) is 30.0 Å². The summed E-state index contributed by atoms with van der Waals surface area (Å²) < 4.78 is 6.00. The summed E-state index contributed by atoms with van der Waals surface area (Å²) in [6.45, 7) is 9.09. The molecular formula is C24H30N6O. The number of ether oxygens (including phenoxy) is 1. The van der Waals surface area contributed by atoms with Gasteiger partial charge >= 0.3 is 0 Å². The van der Waals surface area contributed by atoms with E-state index in [9.17, 15) is 0 Å². The van der Waals surface area contributed by atoms with Crippen LogP contribution in [-0.2, 0) is 36.3 Å². The maximum atomic E-state index is 6.00. The Kier molecular flexibility index (Phi) is 5.46. The number of aryl methyl sites for hydroxylation is 2. The number of anilines is 1. The Labute approximate surface area is 183 Å². The second-order valence-electron chi connectivity index (χ2n) is 8.75. The quantitative estimate of drug-likeness (QED) is 0.639. The molecule has 0 bridgehead atoms. The highest BCUT2D eigenvalue weighted by Crippen LogP contribution is 2.39. The van der Waals surface area contributed by atoms with Crippen molar-refractivity contribution < 1.29 is 4.74 Å². The van der Waals surface area contributed by atoms with Gasteiger partial charge in [0.25, 0.3) is 0 Å². The molecule has 2 aromatic heterocycles. The van der Waals surface area contributed by atoms with Crippen LogP contribution < -0.4 is 5.32 Å². The molecule has 5 rings (SSSR count). The maximum Gasteiger partial charge on any atom is 0.223 e. The fraction of sp³-hybridized carbons (Fsp3) is 0.458. The predicted molar refractivity (Wildman–Crippen MR) is 120 cm³/mol. The molecule has 7 nitrogen and oxygen atoms in total. The largest absolute Gasteiger partial charge is 0.376 e. The van der Waals surface area contributed by atoms with Crippen LogP contribution in [0.1, 0.15) is 47.4 Å². The van der Waals surface area contributed by atoms with Crippen molar-refractivity contribution in [1.82, 2.24) is 24.8 Å². The summed E-state index contributed by atoms with van der Waals surface area (Å²) in [5, 5.41) is 3.39. The van der Waals surface area contributed by atoms with Crippen LogP contribution in [0.15, 0.2) is 36.5 Å². The number of aromatic nitrogens is 4. The van der Waals surface area contributed by atoms with Gasteiger partial charge in [-0.25, -0.2) is 15.0 Å². The summed E-state index contributed by atoms with van der Waals surface area (Å²) in [5.74, 6) is 1.76. The topological polar surface area (TPSA) is 79.0 Å².